The number of nitrogen functional groups attached to an aromatic ring is 1. The Morgan fingerprint density at radius 1 is 1.16 bits per heavy atom. The Bertz CT molecular complexity index is 928. The molecule has 0 bridgehead atoms. The van der Waals surface area contributed by atoms with Crippen LogP contribution in [-0.4, -0.2) is 26.9 Å². The van der Waals surface area contributed by atoms with Gasteiger partial charge >= 0.3 is 0 Å². The van der Waals surface area contributed by atoms with E-state index in [1.54, 1.807) is 6.07 Å². The lowest BCUT2D eigenvalue weighted by Crippen LogP contribution is -2.39. The van der Waals surface area contributed by atoms with Gasteiger partial charge in [0.15, 0.2) is 0 Å². The van der Waals surface area contributed by atoms with Gasteiger partial charge in [-0.05, 0) is 30.7 Å². The molecule has 0 saturated heterocycles. The number of nitrogens with zero attached hydrogens (tertiary/aromatic N) is 5. The van der Waals surface area contributed by atoms with E-state index < -0.39 is 0 Å². The van der Waals surface area contributed by atoms with Gasteiger partial charge in [-0.15, -0.1) is 0 Å². The molecule has 0 fully saturated rings. The first-order valence-corrected chi connectivity index (χ1v) is 8.08. The normalized spacial score (nSPS) is 13.3. The van der Waals surface area contributed by atoms with E-state index in [9.17, 15) is 0 Å². The molecule has 1 aliphatic rings. The first kappa shape index (κ1) is 15.2. The molecule has 3 aromatic rings. The topological polar surface area (TPSA) is 84.4 Å². The summed E-state index contributed by atoms with van der Waals surface area (Å²) < 4.78 is 2.12. The second-order valence-electron chi connectivity index (χ2n) is 5.90. The summed E-state index contributed by atoms with van der Waals surface area (Å²) in [5.41, 5.74) is 8.07. The Morgan fingerprint density at radius 3 is 2.88 bits per heavy atom. The van der Waals surface area contributed by atoms with Crippen LogP contribution in [0.5, 0.6) is 0 Å². The summed E-state index contributed by atoms with van der Waals surface area (Å²) in [7, 11) is 0. The molecule has 7 nitrogen and oxygen atoms in total. The van der Waals surface area contributed by atoms with Gasteiger partial charge < -0.3 is 20.5 Å². The summed E-state index contributed by atoms with van der Waals surface area (Å²) in [5.74, 6) is 3.00. The number of amidine groups is 1. The zero-order chi connectivity index (χ0) is 17.2. The number of fused-ring (bicyclic) bond motifs is 1. The van der Waals surface area contributed by atoms with E-state index in [1.165, 1.54) is 11.9 Å². The van der Waals surface area contributed by atoms with Crippen molar-refractivity contribution in [2.24, 2.45) is 4.99 Å². The SMILES string of the molecule is Cc1ccccc1N1Cn2cccc2N=C1CNc1cc(N)ncn1. The average molecular weight is 333 g/mol. The Morgan fingerprint density at radius 2 is 2.04 bits per heavy atom. The van der Waals surface area contributed by atoms with Crippen LogP contribution in [0.15, 0.2) is 60.0 Å². The van der Waals surface area contributed by atoms with Crippen LogP contribution in [0.1, 0.15) is 5.56 Å². The van der Waals surface area contributed by atoms with Crippen molar-refractivity contribution >= 4 is 29.0 Å². The lowest BCUT2D eigenvalue weighted by atomic mass is 10.2. The van der Waals surface area contributed by atoms with Crippen LogP contribution < -0.4 is 16.0 Å². The minimum atomic E-state index is 0.438. The number of benzene rings is 1. The highest BCUT2D eigenvalue weighted by molar-refractivity contribution is 6.02. The molecule has 7 heteroatoms. The molecule has 0 radical (unpaired) electrons. The fourth-order valence-corrected chi connectivity index (χ4v) is 2.91. The van der Waals surface area contributed by atoms with Crippen LogP contribution in [0.3, 0.4) is 0 Å². The van der Waals surface area contributed by atoms with E-state index in [-0.39, 0.29) is 0 Å². The number of anilines is 3. The van der Waals surface area contributed by atoms with E-state index in [0.29, 0.717) is 18.2 Å². The maximum atomic E-state index is 5.72. The quantitative estimate of drug-likeness (QED) is 0.767. The number of aryl methyl sites for hydroxylation is 1. The highest BCUT2D eigenvalue weighted by atomic mass is 15.4. The van der Waals surface area contributed by atoms with Crippen LogP contribution in [0.25, 0.3) is 0 Å². The predicted octanol–water partition coefficient (Wildman–Crippen LogP) is 2.79. The Labute approximate surface area is 145 Å². The molecule has 0 atom stereocenters. The Hall–Kier alpha value is -3.35. The molecule has 1 aliphatic heterocycles. The largest absolute Gasteiger partial charge is 0.384 e. The van der Waals surface area contributed by atoms with Gasteiger partial charge in [0.25, 0.3) is 0 Å². The van der Waals surface area contributed by atoms with Crippen LogP contribution in [0.4, 0.5) is 23.1 Å². The van der Waals surface area contributed by atoms with E-state index in [2.05, 4.69) is 43.8 Å². The fourth-order valence-electron chi connectivity index (χ4n) is 2.91. The first-order chi connectivity index (χ1) is 12.2. The van der Waals surface area contributed by atoms with Gasteiger partial charge in [0.05, 0.1) is 6.54 Å². The molecular weight excluding hydrogens is 314 g/mol. The molecule has 0 unspecified atom stereocenters. The van der Waals surface area contributed by atoms with Gasteiger partial charge in [-0.3, -0.25) is 0 Å². The number of aromatic nitrogens is 3. The molecule has 3 heterocycles. The zero-order valence-electron chi connectivity index (χ0n) is 13.9. The smallest absolute Gasteiger partial charge is 0.136 e. The number of hydrogen-bond donors (Lipinski definition) is 2. The summed E-state index contributed by atoms with van der Waals surface area (Å²) in [5, 5.41) is 3.28. The first-order valence-electron chi connectivity index (χ1n) is 8.08. The van der Waals surface area contributed by atoms with Crippen molar-refractivity contribution in [3.63, 3.8) is 0 Å². The Balaban J connectivity index is 1.65. The third kappa shape index (κ3) is 3.03. The van der Waals surface area contributed by atoms with Crippen LogP contribution in [0.2, 0.25) is 0 Å². The predicted molar refractivity (Wildman–Crippen MR) is 100 cm³/mol. The molecule has 3 N–H and O–H groups in total. The number of aliphatic imine (C=N–C) groups is 1. The third-order valence-corrected chi connectivity index (χ3v) is 4.18. The van der Waals surface area contributed by atoms with Gasteiger partial charge in [-0.25, -0.2) is 15.0 Å². The van der Waals surface area contributed by atoms with E-state index in [1.807, 2.05) is 30.5 Å². The highest BCUT2D eigenvalue weighted by Gasteiger charge is 2.21. The maximum absolute atomic E-state index is 5.72. The molecule has 0 aliphatic carbocycles. The highest BCUT2D eigenvalue weighted by Crippen LogP contribution is 2.27. The average Bonchev–Trinajstić information content (AvgIpc) is 3.07. The molecule has 25 heavy (non-hydrogen) atoms. The van der Waals surface area contributed by atoms with Gasteiger partial charge in [-0.1, -0.05) is 18.2 Å². The zero-order valence-corrected chi connectivity index (χ0v) is 13.9. The summed E-state index contributed by atoms with van der Waals surface area (Å²) in [6, 6.07) is 14.0. The number of rotatable bonds is 4. The molecule has 2 aromatic heterocycles. The van der Waals surface area contributed by atoms with Crippen molar-refractivity contribution in [2.45, 2.75) is 13.6 Å². The number of para-hydroxylation sites is 1. The lowest BCUT2D eigenvalue weighted by molar-refractivity contribution is 0.704. The maximum Gasteiger partial charge on any atom is 0.136 e. The van der Waals surface area contributed by atoms with E-state index in [4.69, 9.17) is 10.7 Å². The van der Waals surface area contributed by atoms with Crippen LogP contribution in [0, 0.1) is 6.92 Å². The fraction of sp³-hybridized carbons (Fsp3) is 0.167. The van der Waals surface area contributed by atoms with Gasteiger partial charge in [0.1, 0.15) is 36.3 Å². The van der Waals surface area contributed by atoms with Crippen molar-refractivity contribution in [1.82, 2.24) is 14.5 Å². The summed E-state index contributed by atoms with van der Waals surface area (Å²) in [6.07, 6.45) is 3.49. The monoisotopic (exact) mass is 333 g/mol. The van der Waals surface area contributed by atoms with Crippen molar-refractivity contribution in [1.29, 1.82) is 0 Å². The molecule has 0 saturated carbocycles. The lowest BCUT2D eigenvalue weighted by Gasteiger charge is -2.32. The van der Waals surface area contributed by atoms with Gasteiger partial charge in [-0.2, -0.15) is 0 Å². The summed E-state index contributed by atoms with van der Waals surface area (Å²) >= 11 is 0. The summed E-state index contributed by atoms with van der Waals surface area (Å²) in [6.45, 7) is 3.37. The Kier molecular flexibility index (Phi) is 3.81. The van der Waals surface area contributed by atoms with Crippen molar-refractivity contribution in [3.05, 3.63) is 60.6 Å². The van der Waals surface area contributed by atoms with E-state index >= 15 is 0 Å². The van der Waals surface area contributed by atoms with Gasteiger partial charge in [0.2, 0.25) is 0 Å². The minimum absolute atomic E-state index is 0.438. The number of nitrogens with two attached hydrogens (primary N) is 1. The standard InChI is InChI=1S/C18H19N7/c1-13-5-2-3-6-14(13)25-12-24-8-4-7-17(24)23-18(25)10-20-16-9-15(19)21-11-22-16/h2-9,11H,10,12H2,1H3,(H3,19,20,21,22). The third-order valence-electron chi connectivity index (χ3n) is 4.18. The molecule has 1 aromatic carbocycles. The van der Waals surface area contributed by atoms with E-state index in [0.717, 1.165) is 24.0 Å². The van der Waals surface area contributed by atoms with Crippen molar-refractivity contribution < 1.29 is 0 Å². The molecular formula is C18H19N7. The van der Waals surface area contributed by atoms with Gasteiger partial charge in [0, 0.05) is 18.0 Å². The second kappa shape index (κ2) is 6.27. The number of nitrogens with one attached hydrogen (secondary N) is 1. The van der Waals surface area contributed by atoms with Crippen molar-refractivity contribution in [3.8, 4) is 0 Å². The minimum Gasteiger partial charge on any atom is -0.384 e. The van der Waals surface area contributed by atoms with Crippen LogP contribution >= 0.6 is 0 Å². The number of hydrogen-bond acceptors (Lipinski definition) is 6. The molecule has 0 amide bonds. The molecule has 0 spiro atoms. The van der Waals surface area contributed by atoms with Crippen molar-refractivity contribution in [2.75, 3.05) is 22.5 Å². The summed E-state index contributed by atoms with van der Waals surface area (Å²) in [4.78, 5) is 15.1. The molecule has 126 valence electrons. The molecule has 4 rings (SSSR count). The second-order valence-corrected chi connectivity index (χ2v) is 5.90. The van der Waals surface area contributed by atoms with Crippen LogP contribution in [-0.2, 0) is 6.67 Å².